The molecule has 8 heteroatoms. The van der Waals surface area contributed by atoms with Gasteiger partial charge in [-0.3, -0.25) is 9.69 Å². The van der Waals surface area contributed by atoms with Crippen molar-refractivity contribution in [3.8, 4) is 5.88 Å². The highest BCUT2D eigenvalue weighted by atomic mass is 32.1. The van der Waals surface area contributed by atoms with E-state index < -0.39 is 6.17 Å². The minimum atomic E-state index is -0.859. The molecule has 3 rings (SSSR count). The Kier molecular flexibility index (Phi) is 4.92. The van der Waals surface area contributed by atoms with E-state index in [2.05, 4.69) is 15.4 Å². The molecule has 1 aliphatic heterocycles. The molecule has 0 bridgehead atoms. The predicted octanol–water partition coefficient (Wildman–Crippen LogP) is 2.09. The third kappa shape index (κ3) is 3.89. The minimum Gasteiger partial charge on any atom is -0.479 e. The third-order valence-electron chi connectivity index (χ3n) is 3.84. The fraction of sp³-hybridized carbons (Fsp3) is 0.467. The normalized spacial score (nSPS) is 21.5. The molecule has 2 aromatic heterocycles. The van der Waals surface area contributed by atoms with Crippen LogP contribution in [0.5, 0.6) is 5.88 Å². The van der Waals surface area contributed by atoms with E-state index in [9.17, 15) is 9.18 Å². The molecule has 0 aromatic carbocycles. The van der Waals surface area contributed by atoms with Crippen molar-refractivity contribution in [2.24, 2.45) is 0 Å². The number of hydrogen-bond acceptors (Lipinski definition) is 6. The van der Waals surface area contributed by atoms with Gasteiger partial charge in [0.15, 0.2) is 0 Å². The smallest absolute Gasteiger partial charge is 0.290 e. The monoisotopic (exact) mass is 339 g/mol. The lowest BCUT2D eigenvalue weighted by Gasteiger charge is -2.23. The highest BCUT2D eigenvalue weighted by molar-refractivity contribution is 7.09. The fourth-order valence-electron chi connectivity index (χ4n) is 2.69. The van der Waals surface area contributed by atoms with E-state index in [0.717, 1.165) is 0 Å². The van der Waals surface area contributed by atoms with E-state index in [1.54, 1.807) is 11.3 Å². The number of carbonyl (C=O) groups excluding carboxylic acids is 1. The van der Waals surface area contributed by atoms with Gasteiger partial charge in [0.05, 0.1) is 13.2 Å². The van der Waals surface area contributed by atoms with Crippen LogP contribution in [0.25, 0.3) is 0 Å². The number of hydrogen-bond donors (Lipinski definition) is 1. The largest absolute Gasteiger partial charge is 0.479 e. The molecule has 2 atom stereocenters. The molecular weight excluding hydrogens is 321 g/mol. The van der Waals surface area contributed by atoms with Gasteiger partial charge < -0.3 is 14.6 Å². The number of ether oxygens (including phenoxy) is 1. The summed E-state index contributed by atoms with van der Waals surface area (Å²) in [4.78, 5) is 15.3. The molecular formula is C15H18FN3O3S. The van der Waals surface area contributed by atoms with Gasteiger partial charge in [0, 0.05) is 30.6 Å². The SMILES string of the molecule is COc1cc(C(=O)NC[C@@H]2C[C@H](F)CN2Cc2cccs2)on1. The van der Waals surface area contributed by atoms with Crippen molar-refractivity contribution in [1.82, 2.24) is 15.4 Å². The van der Waals surface area contributed by atoms with Crippen molar-refractivity contribution in [3.05, 3.63) is 34.2 Å². The second kappa shape index (κ2) is 7.10. The number of alkyl halides is 1. The van der Waals surface area contributed by atoms with Crippen molar-refractivity contribution < 1.29 is 18.4 Å². The molecule has 1 saturated heterocycles. The van der Waals surface area contributed by atoms with Crippen molar-refractivity contribution in [1.29, 1.82) is 0 Å². The molecule has 1 fully saturated rings. The number of carbonyl (C=O) groups is 1. The zero-order chi connectivity index (χ0) is 16.2. The standard InChI is InChI=1S/C15H18FN3O3S/c1-21-14-6-13(22-18-14)15(20)17-7-11-5-10(16)8-19(11)9-12-3-2-4-23-12/h2-4,6,10-11H,5,7-9H2,1H3,(H,17,20)/t10-,11-/m0/s1. The van der Waals surface area contributed by atoms with E-state index in [4.69, 9.17) is 9.26 Å². The lowest BCUT2D eigenvalue weighted by Crippen LogP contribution is -2.39. The van der Waals surface area contributed by atoms with Crippen LogP contribution in [-0.4, -0.2) is 48.4 Å². The second-order valence-electron chi connectivity index (χ2n) is 5.44. The van der Waals surface area contributed by atoms with Crippen molar-refractivity contribution in [3.63, 3.8) is 0 Å². The number of halogens is 1. The minimum absolute atomic E-state index is 0.0270. The lowest BCUT2D eigenvalue weighted by molar-refractivity contribution is 0.0902. The van der Waals surface area contributed by atoms with Gasteiger partial charge in [-0.15, -0.1) is 11.3 Å². The predicted molar refractivity (Wildman–Crippen MR) is 83.4 cm³/mol. The molecule has 124 valence electrons. The highest BCUT2D eigenvalue weighted by Gasteiger charge is 2.32. The van der Waals surface area contributed by atoms with Gasteiger partial charge in [0.1, 0.15) is 6.17 Å². The van der Waals surface area contributed by atoms with Gasteiger partial charge in [-0.2, -0.15) is 0 Å². The molecule has 0 unspecified atom stereocenters. The average Bonchev–Trinajstić information content (AvgIpc) is 3.26. The van der Waals surface area contributed by atoms with E-state index >= 15 is 0 Å². The zero-order valence-corrected chi connectivity index (χ0v) is 13.5. The van der Waals surface area contributed by atoms with Crippen LogP contribution in [0, 0.1) is 0 Å². The molecule has 1 aliphatic rings. The topological polar surface area (TPSA) is 67.6 Å². The Morgan fingerprint density at radius 3 is 3.22 bits per heavy atom. The van der Waals surface area contributed by atoms with Crippen LogP contribution in [0.3, 0.4) is 0 Å². The summed E-state index contributed by atoms with van der Waals surface area (Å²) in [6.07, 6.45) is -0.437. The summed E-state index contributed by atoms with van der Waals surface area (Å²) in [5.41, 5.74) is 0. The summed E-state index contributed by atoms with van der Waals surface area (Å²) in [7, 11) is 1.45. The molecule has 3 heterocycles. The number of nitrogens with one attached hydrogen (secondary N) is 1. The van der Waals surface area contributed by atoms with Gasteiger partial charge in [-0.25, -0.2) is 4.39 Å². The molecule has 0 aliphatic carbocycles. The molecule has 0 radical (unpaired) electrons. The Balaban J connectivity index is 1.56. The van der Waals surface area contributed by atoms with Crippen molar-refractivity contribution in [2.45, 2.75) is 25.2 Å². The molecule has 6 nitrogen and oxygen atoms in total. The van der Waals surface area contributed by atoms with Crippen LogP contribution in [0.1, 0.15) is 21.9 Å². The first kappa shape index (κ1) is 15.9. The molecule has 0 saturated carbocycles. The maximum Gasteiger partial charge on any atom is 0.290 e. The molecule has 2 aromatic rings. The maximum atomic E-state index is 13.8. The third-order valence-corrected chi connectivity index (χ3v) is 4.70. The van der Waals surface area contributed by atoms with Crippen LogP contribution in [-0.2, 0) is 6.54 Å². The Labute approximate surface area is 137 Å². The number of nitrogens with zero attached hydrogens (tertiary/aromatic N) is 2. The summed E-state index contributed by atoms with van der Waals surface area (Å²) in [5, 5.41) is 8.37. The summed E-state index contributed by atoms with van der Waals surface area (Å²) in [5.74, 6) is -0.0419. The summed E-state index contributed by atoms with van der Waals surface area (Å²) >= 11 is 1.65. The van der Waals surface area contributed by atoms with E-state index in [0.29, 0.717) is 26.1 Å². The zero-order valence-electron chi connectivity index (χ0n) is 12.7. The van der Waals surface area contributed by atoms with Gasteiger partial charge >= 0.3 is 0 Å². The number of amides is 1. The highest BCUT2D eigenvalue weighted by Crippen LogP contribution is 2.24. The van der Waals surface area contributed by atoms with Gasteiger partial charge in [-0.05, 0) is 23.0 Å². The fourth-order valence-corrected chi connectivity index (χ4v) is 3.42. The molecule has 1 N–H and O–H groups in total. The van der Waals surface area contributed by atoms with E-state index in [1.807, 2.05) is 17.5 Å². The first-order valence-corrected chi connectivity index (χ1v) is 8.23. The summed E-state index contributed by atoms with van der Waals surface area (Å²) in [6, 6.07) is 5.41. The second-order valence-corrected chi connectivity index (χ2v) is 6.47. The summed E-state index contributed by atoms with van der Waals surface area (Å²) < 4.78 is 23.5. The van der Waals surface area contributed by atoms with Crippen LogP contribution < -0.4 is 10.1 Å². The van der Waals surface area contributed by atoms with Gasteiger partial charge in [0.2, 0.25) is 5.76 Å². The Morgan fingerprint density at radius 1 is 1.65 bits per heavy atom. The van der Waals surface area contributed by atoms with E-state index in [1.165, 1.54) is 18.1 Å². The molecule has 0 spiro atoms. The number of rotatable bonds is 6. The van der Waals surface area contributed by atoms with Crippen LogP contribution in [0.15, 0.2) is 28.1 Å². The average molecular weight is 339 g/mol. The summed E-state index contributed by atoms with van der Waals surface area (Å²) in [6.45, 7) is 1.47. The van der Waals surface area contributed by atoms with E-state index in [-0.39, 0.29) is 23.6 Å². The maximum absolute atomic E-state index is 13.8. The number of aromatic nitrogens is 1. The number of methoxy groups -OCH3 is 1. The number of thiophene rings is 1. The van der Waals surface area contributed by atoms with Gasteiger partial charge in [-0.1, -0.05) is 6.07 Å². The molecule has 1 amide bonds. The first-order valence-electron chi connectivity index (χ1n) is 7.35. The first-order chi connectivity index (χ1) is 11.2. The van der Waals surface area contributed by atoms with Crippen LogP contribution in [0.2, 0.25) is 0 Å². The van der Waals surface area contributed by atoms with Crippen molar-refractivity contribution >= 4 is 17.2 Å². The lowest BCUT2D eigenvalue weighted by atomic mass is 10.2. The van der Waals surface area contributed by atoms with Gasteiger partial charge in [0.25, 0.3) is 11.8 Å². The van der Waals surface area contributed by atoms with Crippen LogP contribution in [0.4, 0.5) is 4.39 Å². The Morgan fingerprint density at radius 2 is 2.52 bits per heavy atom. The van der Waals surface area contributed by atoms with Crippen molar-refractivity contribution in [2.75, 3.05) is 20.2 Å². The van der Waals surface area contributed by atoms with Crippen LogP contribution >= 0.6 is 11.3 Å². The number of likely N-dealkylation sites (tertiary alicyclic amines) is 1. The Bertz CT molecular complexity index is 646. The quantitative estimate of drug-likeness (QED) is 0.873. The Hall–Kier alpha value is -1.93. The molecule has 23 heavy (non-hydrogen) atoms.